The maximum absolute atomic E-state index is 12.4. The second-order valence-corrected chi connectivity index (χ2v) is 7.67. The molecule has 0 aromatic heterocycles. The number of nitrogens with one attached hydrogen (secondary N) is 1. The van der Waals surface area contributed by atoms with Crippen molar-refractivity contribution in [1.29, 1.82) is 0 Å². The summed E-state index contributed by atoms with van der Waals surface area (Å²) in [4.78, 5) is 0.242. The summed E-state index contributed by atoms with van der Waals surface area (Å²) in [7, 11) is -1.87. The molecule has 0 aliphatic carbocycles. The number of halogens is 1. The molecule has 0 aliphatic rings. The van der Waals surface area contributed by atoms with E-state index in [2.05, 4.69) is 5.32 Å². The monoisotopic (exact) mass is 318 g/mol. The van der Waals surface area contributed by atoms with Crippen molar-refractivity contribution >= 4 is 21.6 Å². The lowest BCUT2D eigenvalue weighted by Crippen LogP contribution is -2.30. The minimum absolute atomic E-state index is 0.242. The predicted octanol–water partition coefficient (Wildman–Crippen LogP) is 2.73. The van der Waals surface area contributed by atoms with Gasteiger partial charge in [-0.25, -0.2) is 12.7 Å². The molecule has 0 spiro atoms. The van der Waals surface area contributed by atoms with Crippen LogP contribution in [0.2, 0.25) is 5.02 Å². The van der Waals surface area contributed by atoms with Gasteiger partial charge in [0.1, 0.15) is 0 Å². The molecule has 1 rings (SSSR count). The first kappa shape index (κ1) is 17.4. The van der Waals surface area contributed by atoms with Gasteiger partial charge in [-0.2, -0.15) is 0 Å². The van der Waals surface area contributed by atoms with Gasteiger partial charge in [0.25, 0.3) is 0 Å². The molecule has 0 atom stereocenters. The average Bonchev–Trinajstić information content (AvgIpc) is 2.36. The molecular weight excluding hydrogens is 296 g/mol. The molecule has 114 valence electrons. The van der Waals surface area contributed by atoms with Crippen molar-refractivity contribution in [1.82, 2.24) is 9.62 Å². The van der Waals surface area contributed by atoms with E-state index in [0.717, 1.165) is 12.1 Å². The van der Waals surface area contributed by atoms with Gasteiger partial charge in [0.2, 0.25) is 10.0 Å². The second-order valence-electron chi connectivity index (χ2n) is 5.21. The summed E-state index contributed by atoms with van der Waals surface area (Å²) < 4.78 is 26.2. The highest BCUT2D eigenvalue weighted by molar-refractivity contribution is 7.89. The molecule has 0 saturated heterocycles. The van der Waals surface area contributed by atoms with Crippen molar-refractivity contribution in [2.45, 2.75) is 32.2 Å². The molecule has 0 amide bonds. The van der Waals surface area contributed by atoms with Crippen LogP contribution in [-0.2, 0) is 16.6 Å². The van der Waals surface area contributed by atoms with Gasteiger partial charge < -0.3 is 5.32 Å². The number of rotatable bonds is 7. The lowest BCUT2D eigenvalue weighted by Gasteiger charge is -2.19. The van der Waals surface area contributed by atoms with E-state index in [4.69, 9.17) is 11.6 Å². The van der Waals surface area contributed by atoms with Gasteiger partial charge in [0.15, 0.2) is 0 Å². The molecule has 1 aromatic rings. The Labute approximate surface area is 127 Å². The van der Waals surface area contributed by atoms with E-state index in [-0.39, 0.29) is 10.8 Å². The van der Waals surface area contributed by atoms with Gasteiger partial charge in [-0.1, -0.05) is 38.4 Å². The summed E-state index contributed by atoms with van der Waals surface area (Å²) >= 11 is 6.16. The lowest BCUT2D eigenvalue weighted by molar-refractivity contribution is 0.417. The quantitative estimate of drug-likeness (QED) is 0.841. The Hall–Kier alpha value is -0.620. The summed E-state index contributed by atoms with van der Waals surface area (Å²) in [6, 6.07) is 4.91. The number of hydrogen-bond donors (Lipinski definition) is 1. The summed E-state index contributed by atoms with van der Waals surface area (Å²) in [5.74, 6) is 0.276. The molecule has 6 heteroatoms. The van der Waals surface area contributed by atoms with Crippen molar-refractivity contribution in [2.75, 3.05) is 20.1 Å². The van der Waals surface area contributed by atoms with Crippen LogP contribution in [0, 0.1) is 5.92 Å². The number of hydrogen-bond acceptors (Lipinski definition) is 3. The molecule has 0 bridgehead atoms. The minimum Gasteiger partial charge on any atom is -0.313 e. The number of nitrogens with zero attached hydrogens (tertiary/aromatic N) is 1. The van der Waals surface area contributed by atoms with E-state index in [9.17, 15) is 8.42 Å². The number of sulfonamides is 1. The summed E-state index contributed by atoms with van der Waals surface area (Å²) in [5.41, 5.74) is 0.902. The van der Waals surface area contributed by atoms with E-state index >= 15 is 0 Å². The highest BCUT2D eigenvalue weighted by atomic mass is 35.5. The smallest absolute Gasteiger partial charge is 0.242 e. The molecular formula is C14H23ClN2O2S. The molecule has 1 aromatic carbocycles. The van der Waals surface area contributed by atoms with E-state index in [1.165, 1.54) is 10.4 Å². The third-order valence-corrected chi connectivity index (χ3v) is 5.09. The largest absolute Gasteiger partial charge is 0.313 e. The summed E-state index contributed by atoms with van der Waals surface area (Å²) in [5, 5.41) is 3.64. The van der Waals surface area contributed by atoms with Crippen LogP contribution in [-0.4, -0.2) is 32.9 Å². The summed E-state index contributed by atoms with van der Waals surface area (Å²) in [6.45, 7) is 7.94. The van der Waals surface area contributed by atoms with Crippen molar-refractivity contribution in [3.8, 4) is 0 Å². The van der Waals surface area contributed by atoms with Gasteiger partial charge in [0, 0.05) is 25.2 Å². The van der Waals surface area contributed by atoms with Gasteiger partial charge in [-0.3, -0.25) is 0 Å². The summed E-state index contributed by atoms with van der Waals surface area (Å²) in [6.07, 6.45) is 0. The molecule has 20 heavy (non-hydrogen) atoms. The molecule has 4 nitrogen and oxygen atoms in total. The minimum atomic E-state index is -3.47. The molecule has 0 radical (unpaired) electrons. The second kappa shape index (κ2) is 7.41. The Morgan fingerprint density at radius 1 is 1.35 bits per heavy atom. The van der Waals surface area contributed by atoms with Crippen molar-refractivity contribution in [3.05, 3.63) is 28.8 Å². The lowest BCUT2D eigenvalue weighted by atomic mass is 10.2. The fourth-order valence-electron chi connectivity index (χ4n) is 1.88. The zero-order valence-corrected chi connectivity index (χ0v) is 14.1. The van der Waals surface area contributed by atoms with Gasteiger partial charge >= 0.3 is 0 Å². The van der Waals surface area contributed by atoms with Crippen LogP contribution in [0.3, 0.4) is 0 Å². The van der Waals surface area contributed by atoms with Crippen molar-refractivity contribution < 1.29 is 8.42 Å². The molecule has 0 fully saturated rings. The molecule has 0 heterocycles. The maximum Gasteiger partial charge on any atom is 0.242 e. The van der Waals surface area contributed by atoms with Crippen LogP contribution < -0.4 is 5.32 Å². The Morgan fingerprint density at radius 2 is 2.00 bits per heavy atom. The first-order valence-electron chi connectivity index (χ1n) is 6.74. The third kappa shape index (κ3) is 4.45. The van der Waals surface area contributed by atoms with Crippen molar-refractivity contribution in [3.63, 3.8) is 0 Å². The topological polar surface area (TPSA) is 49.4 Å². The Kier molecular flexibility index (Phi) is 6.45. The molecule has 0 saturated carbocycles. The first-order chi connectivity index (χ1) is 9.28. The van der Waals surface area contributed by atoms with Gasteiger partial charge in [-0.15, -0.1) is 0 Å². The van der Waals surface area contributed by atoms with E-state index < -0.39 is 10.0 Å². The van der Waals surface area contributed by atoms with Crippen LogP contribution in [0.4, 0.5) is 0 Å². The maximum atomic E-state index is 12.4. The normalized spacial score (nSPS) is 12.3. The molecule has 0 aliphatic heterocycles. The standard InChI is InChI=1S/C14H23ClN2O2S/c1-5-16-9-12-6-7-13(8-14(12)15)20(18,19)17(4)10-11(2)3/h6-8,11,16H,5,9-10H2,1-4H3. The Balaban J connectivity index is 2.99. The SMILES string of the molecule is CCNCc1ccc(S(=O)(=O)N(C)CC(C)C)cc1Cl. The predicted molar refractivity (Wildman–Crippen MR) is 83.5 cm³/mol. The van der Waals surface area contributed by atoms with Crippen LogP contribution in [0.15, 0.2) is 23.1 Å². The Morgan fingerprint density at radius 3 is 2.50 bits per heavy atom. The van der Waals surface area contributed by atoms with Crippen molar-refractivity contribution in [2.24, 2.45) is 5.92 Å². The zero-order chi connectivity index (χ0) is 15.3. The molecule has 1 N–H and O–H groups in total. The Bertz CT molecular complexity index is 544. The molecule has 0 unspecified atom stereocenters. The first-order valence-corrected chi connectivity index (χ1v) is 8.56. The highest BCUT2D eigenvalue weighted by Crippen LogP contribution is 2.23. The van der Waals surface area contributed by atoms with Crippen LogP contribution in [0.25, 0.3) is 0 Å². The average molecular weight is 319 g/mol. The third-order valence-electron chi connectivity index (χ3n) is 2.92. The van der Waals surface area contributed by atoms with Gasteiger partial charge in [0.05, 0.1) is 4.90 Å². The van der Waals surface area contributed by atoms with Crippen LogP contribution in [0.5, 0.6) is 0 Å². The number of benzene rings is 1. The van der Waals surface area contributed by atoms with Crippen LogP contribution in [0.1, 0.15) is 26.3 Å². The fourth-order valence-corrected chi connectivity index (χ4v) is 3.56. The van der Waals surface area contributed by atoms with E-state index in [0.29, 0.717) is 18.1 Å². The highest BCUT2D eigenvalue weighted by Gasteiger charge is 2.22. The van der Waals surface area contributed by atoms with Crippen LogP contribution >= 0.6 is 11.6 Å². The van der Waals surface area contributed by atoms with Gasteiger partial charge in [-0.05, 0) is 30.2 Å². The van der Waals surface area contributed by atoms with E-state index in [1.54, 1.807) is 19.2 Å². The fraction of sp³-hybridized carbons (Fsp3) is 0.571. The zero-order valence-electron chi connectivity index (χ0n) is 12.5. The van der Waals surface area contributed by atoms with E-state index in [1.807, 2.05) is 20.8 Å².